The first kappa shape index (κ1) is 10.7. The minimum absolute atomic E-state index is 0.267. The van der Waals surface area contributed by atoms with Gasteiger partial charge in [-0.25, -0.2) is 0 Å². The SMILES string of the molecule is COc1ccc2[nH]c(-c3cccc(O)c3)cc2c1. The molecule has 0 spiro atoms. The van der Waals surface area contributed by atoms with Crippen LogP contribution in [0.15, 0.2) is 48.5 Å². The van der Waals surface area contributed by atoms with E-state index in [-0.39, 0.29) is 5.75 Å². The number of methoxy groups -OCH3 is 1. The number of hydrogen-bond acceptors (Lipinski definition) is 2. The minimum Gasteiger partial charge on any atom is -0.508 e. The molecule has 0 amide bonds. The number of hydrogen-bond donors (Lipinski definition) is 2. The topological polar surface area (TPSA) is 45.2 Å². The normalized spacial score (nSPS) is 10.7. The summed E-state index contributed by atoms with van der Waals surface area (Å²) in [5.74, 6) is 1.10. The van der Waals surface area contributed by atoms with Crippen molar-refractivity contribution in [3.05, 3.63) is 48.5 Å². The van der Waals surface area contributed by atoms with Crippen LogP contribution in [0.4, 0.5) is 0 Å². The monoisotopic (exact) mass is 239 g/mol. The second-order valence-electron chi connectivity index (χ2n) is 4.19. The Kier molecular flexibility index (Phi) is 2.45. The molecule has 0 atom stereocenters. The summed E-state index contributed by atoms with van der Waals surface area (Å²) in [5.41, 5.74) is 2.99. The van der Waals surface area contributed by atoms with Crippen LogP contribution in [0, 0.1) is 0 Å². The molecule has 2 aromatic carbocycles. The second kappa shape index (κ2) is 4.11. The van der Waals surface area contributed by atoms with Gasteiger partial charge in [-0.1, -0.05) is 12.1 Å². The first-order valence-corrected chi connectivity index (χ1v) is 5.72. The fourth-order valence-corrected chi connectivity index (χ4v) is 2.07. The van der Waals surface area contributed by atoms with Crippen molar-refractivity contribution >= 4 is 10.9 Å². The predicted octanol–water partition coefficient (Wildman–Crippen LogP) is 3.55. The summed E-state index contributed by atoms with van der Waals surface area (Å²) in [6, 6.07) is 15.1. The molecule has 3 nitrogen and oxygen atoms in total. The number of phenolic OH excluding ortho intramolecular Hbond substituents is 1. The zero-order valence-corrected chi connectivity index (χ0v) is 9.97. The molecule has 0 unspecified atom stereocenters. The van der Waals surface area contributed by atoms with E-state index in [9.17, 15) is 5.11 Å². The molecule has 1 aromatic heterocycles. The Bertz CT molecular complexity index is 701. The van der Waals surface area contributed by atoms with Crippen LogP contribution in [0.5, 0.6) is 11.5 Å². The number of H-pyrrole nitrogens is 1. The lowest BCUT2D eigenvalue weighted by Gasteiger charge is -1.98. The van der Waals surface area contributed by atoms with Crippen LogP contribution in [0.2, 0.25) is 0 Å². The highest BCUT2D eigenvalue weighted by molar-refractivity contribution is 5.87. The summed E-state index contributed by atoms with van der Waals surface area (Å²) in [4.78, 5) is 3.32. The molecule has 0 fully saturated rings. The molecule has 0 saturated heterocycles. The Morgan fingerprint density at radius 3 is 2.72 bits per heavy atom. The van der Waals surface area contributed by atoms with Gasteiger partial charge in [-0.2, -0.15) is 0 Å². The lowest BCUT2D eigenvalue weighted by Crippen LogP contribution is -1.80. The molecule has 0 bridgehead atoms. The van der Waals surface area contributed by atoms with Crippen molar-refractivity contribution in [3.63, 3.8) is 0 Å². The molecule has 0 aliphatic rings. The van der Waals surface area contributed by atoms with Gasteiger partial charge in [-0.05, 0) is 36.4 Å². The Hall–Kier alpha value is -2.42. The first-order valence-electron chi connectivity index (χ1n) is 5.72. The number of rotatable bonds is 2. The number of aromatic hydroxyl groups is 1. The van der Waals surface area contributed by atoms with E-state index in [1.165, 1.54) is 0 Å². The predicted molar refractivity (Wildman–Crippen MR) is 72.0 cm³/mol. The summed E-state index contributed by atoms with van der Waals surface area (Å²) in [6.07, 6.45) is 0. The van der Waals surface area contributed by atoms with Gasteiger partial charge in [-0.15, -0.1) is 0 Å². The van der Waals surface area contributed by atoms with Crippen LogP contribution in [0.3, 0.4) is 0 Å². The van der Waals surface area contributed by atoms with Gasteiger partial charge >= 0.3 is 0 Å². The average molecular weight is 239 g/mol. The molecule has 0 radical (unpaired) electrons. The lowest BCUT2D eigenvalue weighted by atomic mass is 10.1. The molecule has 3 aromatic rings. The van der Waals surface area contributed by atoms with Gasteiger partial charge in [0.2, 0.25) is 0 Å². The number of phenols is 1. The number of aromatic nitrogens is 1. The Balaban J connectivity index is 2.13. The molecule has 0 saturated carbocycles. The van der Waals surface area contributed by atoms with E-state index in [1.54, 1.807) is 19.2 Å². The third-order valence-electron chi connectivity index (χ3n) is 2.99. The van der Waals surface area contributed by atoms with Gasteiger partial charge < -0.3 is 14.8 Å². The Morgan fingerprint density at radius 2 is 1.94 bits per heavy atom. The summed E-state index contributed by atoms with van der Waals surface area (Å²) >= 11 is 0. The van der Waals surface area contributed by atoms with E-state index >= 15 is 0 Å². The van der Waals surface area contributed by atoms with Crippen molar-refractivity contribution in [1.82, 2.24) is 4.98 Å². The highest BCUT2D eigenvalue weighted by Gasteiger charge is 2.04. The number of aromatic amines is 1. The molecule has 90 valence electrons. The van der Waals surface area contributed by atoms with Crippen LogP contribution < -0.4 is 4.74 Å². The summed E-state index contributed by atoms with van der Waals surface area (Å²) < 4.78 is 5.20. The number of fused-ring (bicyclic) bond motifs is 1. The largest absolute Gasteiger partial charge is 0.508 e. The average Bonchev–Trinajstić information content (AvgIpc) is 2.81. The molecule has 2 N–H and O–H groups in total. The van der Waals surface area contributed by atoms with Crippen LogP contribution in [-0.4, -0.2) is 17.2 Å². The van der Waals surface area contributed by atoms with Gasteiger partial charge in [0, 0.05) is 22.2 Å². The first-order chi connectivity index (χ1) is 8.76. The molecule has 0 aliphatic heterocycles. The summed E-state index contributed by atoms with van der Waals surface area (Å²) in [6.45, 7) is 0. The van der Waals surface area contributed by atoms with E-state index in [1.807, 2.05) is 36.4 Å². The fraction of sp³-hybridized carbons (Fsp3) is 0.0667. The van der Waals surface area contributed by atoms with Crippen molar-refractivity contribution in [2.24, 2.45) is 0 Å². The van der Waals surface area contributed by atoms with Gasteiger partial charge in [0.15, 0.2) is 0 Å². The maximum absolute atomic E-state index is 9.50. The number of benzene rings is 2. The van der Waals surface area contributed by atoms with Gasteiger partial charge in [0.05, 0.1) is 7.11 Å². The third kappa shape index (κ3) is 1.80. The maximum Gasteiger partial charge on any atom is 0.119 e. The van der Waals surface area contributed by atoms with Crippen molar-refractivity contribution in [2.45, 2.75) is 0 Å². The van der Waals surface area contributed by atoms with Crippen molar-refractivity contribution in [3.8, 4) is 22.8 Å². The van der Waals surface area contributed by atoms with E-state index in [0.29, 0.717) is 0 Å². The third-order valence-corrected chi connectivity index (χ3v) is 2.99. The summed E-state index contributed by atoms with van der Waals surface area (Å²) in [5, 5.41) is 10.6. The van der Waals surface area contributed by atoms with Crippen molar-refractivity contribution in [2.75, 3.05) is 7.11 Å². The van der Waals surface area contributed by atoms with Gasteiger partial charge in [0.25, 0.3) is 0 Å². The zero-order chi connectivity index (χ0) is 12.5. The molecular formula is C15H13NO2. The standard InChI is InChI=1S/C15H13NO2/c1-18-13-5-6-14-11(8-13)9-15(16-14)10-3-2-4-12(17)7-10/h2-9,16-17H,1H3. The highest BCUT2D eigenvalue weighted by atomic mass is 16.5. The van der Waals surface area contributed by atoms with Crippen molar-refractivity contribution in [1.29, 1.82) is 0 Å². The van der Waals surface area contributed by atoms with E-state index < -0.39 is 0 Å². The van der Waals surface area contributed by atoms with E-state index in [2.05, 4.69) is 4.98 Å². The fourth-order valence-electron chi connectivity index (χ4n) is 2.07. The molecule has 3 heteroatoms. The van der Waals surface area contributed by atoms with Gasteiger partial charge in [0.1, 0.15) is 11.5 Å². The van der Waals surface area contributed by atoms with Crippen LogP contribution >= 0.6 is 0 Å². The second-order valence-corrected chi connectivity index (χ2v) is 4.19. The van der Waals surface area contributed by atoms with Crippen LogP contribution in [0.25, 0.3) is 22.2 Å². The Morgan fingerprint density at radius 1 is 1.06 bits per heavy atom. The van der Waals surface area contributed by atoms with E-state index in [4.69, 9.17) is 4.74 Å². The van der Waals surface area contributed by atoms with Crippen molar-refractivity contribution < 1.29 is 9.84 Å². The molecule has 3 rings (SSSR count). The highest BCUT2D eigenvalue weighted by Crippen LogP contribution is 2.28. The summed E-state index contributed by atoms with van der Waals surface area (Å²) in [7, 11) is 1.66. The maximum atomic E-state index is 9.50. The smallest absolute Gasteiger partial charge is 0.119 e. The molecule has 18 heavy (non-hydrogen) atoms. The molecule has 0 aliphatic carbocycles. The number of ether oxygens (including phenoxy) is 1. The Labute approximate surface area is 105 Å². The molecule has 1 heterocycles. The van der Waals surface area contributed by atoms with Gasteiger partial charge in [-0.3, -0.25) is 0 Å². The molecular weight excluding hydrogens is 226 g/mol. The van der Waals surface area contributed by atoms with Crippen LogP contribution in [-0.2, 0) is 0 Å². The quantitative estimate of drug-likeness (QED) is 0.718. The zero-order valence-electron chi connectivity index (χ0n) is 9.97. The number of nitrogens with one attached hydrogen (secondary N) is 1. The lowest BCUT2D eigenvalue weighted by molar-refractivity contribution is 0.415. The van der Waals surface area contributed by atoms with Crippen LogP contribution in [0.1, 0.15) is 0 Å². The minimum atomic E-state index is 0.267. The van der Waals surface area contributed by atoms with E-state index in [0.717, 1.165) is 27.9 Å².